The smallest absolute Gasteiger partial charge is 0.201 e. The Balaban J connectivity index is 1.79. The molecule has 0 spiro atoms. The van der Waals surface area contributed by atoms with Crippen LogP contribution in [0.15, 0.2) is 32.5 Å². The minimum Gasteiger partial charge on any atom is -0.329 e. The summed E-state index contributed by atoms with van der Waals surface area (Å²) in [5.41, 5.74) is 1.37. The van der Waals surface area contributed by atoms with Gasteiger partial charge in [0.2, 0.25) is 6.17 Å². The summed E-state index contributed by atoms with van der Waals surface area (Å²) in [7, 11) is 0. The first-order valence-electron chi connectivity index (χ1n) is 5.28. The monoisotopic (exact) mass is 238 g/mol. The molecular weight excluding hydrogens is 232 g/mol. The second-order valence-corrected chi connectivity index (χ2v) is 3.73. The van der Waals surface area contributed by atoms with E-state index in [1.165, 1.54) is 6.34 Å². The molecule has 0 aliphatic carbocycles. The number of nitrogens with zero attached hydrogens (tertiary/aromatic N) is 7. The van der Waals surface area contributed by atoms with Gasteiger partial charge in [0.05, 0.1) is 18.7 Å². The van der Waals surface area contributed by atoms with Crippen molar-refractivity contribution in [3.63, 3.8) is 0 Å². The summed E-state index contributed by atoms with van der Waals surface area (Å²) in [5.74, 6) is 1.77. The third-order valence-corrected chi connectivity index (χ3v) is 2.60. The molecular formula is C10H6N8. The van der Waals surface area contributed by atoms with Gasteiger partial charge in [-0.3, -0.25) is 4.99 Å². The summed E-state index contributed by atoms with van der Waals surface area (Å²) in [6.07, 6.45) is 5.84. The first-order chi connectivity index (χ1) is 8.90. The van der Waals surface area contributed by atoms with E-state index in [1.54, 1.807) is 18.7 Å². The number of nitrogens with one attached hydrogen (secondary N) is 1. The lowest BCUT2D eigenvalue weighted by atomic mass is 10.3. The molecule has 0 saturated heterocycles. The van der Waals surface area contributed by atoms with E-state index in [0.29, 0.717) is 28.9 Å². The zero-order valence-electron chi connectivity index (χ0n) is 9.02. The maximum Gasteiger partial charge on any atom is 0.201 e. The van der Waals surface area contributed by atoms with Crippen molar-refractivity contribution in [1.82, 2.24) is 19.9 Å². The van der Waals surface area contributed by atoms with Crippen molar-refractivity contribution < 1.29 is 0 Å². The Labute approximate surface area is 101 Å². The van der Waals surface area contributed by atoms with E-state index in [4.69, 9.17) is 0 Å². The lowest BCUT2D eigenvalue weighted by Gasteiger charge is -2.08. The quantitative estimate of drug-likeness (QED) is 0.770. The van der Waals surface area contributed by atoms with Crippen LogP contribution in [0.25, 0.3) is 11.5 Å². The Bertz CT molecular complexity index is 676. The van der Waals surface area contributed by atoms with Crippen LogP contribution in [-0.4, -0.2) is 44.0 Å². The normalized spacial score (nSPS) is 21.0. The van der Waals surface area contributed by atoms with E-state index in [2.05, 4.69) is 39.9 Å². The molecule has 86 valence electrons. The van der Waals surface area contributed by atoms with Crippen molar-refractivity contribution in [1.29, 1.82) is 0 Å². The number of aliphatic imine (C=N–C) groups is 4. The molecule has 0 radical (unpaired) electrons. The second-order valence-electron chi connectivity index (χ2n) is 3.73. The number of amidine groups is 1. The van der Waals surface area contributed by atoms with Gasteiger partial charge in [-0.25, -0.2) is 29.9 Å². The fourth-order valence-electron chi connectivity index (χ4n) is 1.77. The van der Waals surface area contributed by atoms with Crippen molar-refractivity contribution in [3.8, 4) is 11.5 Å². The number of H-pyrrole nitrogens is 1. The highest BCUT2D eigenvalue weighted by Gasteiger charge is 2.24. The zero-order chi connectivity index (χ0) is 11.9. The highest BCUT2D eigenvalue weighted by Crippen LogP contribution is 2.23. The van der Waals surface area contributed by atoms with Crippen molar-refractivity contribution >= 4 is 24.1 Å². The molecule has 4 rings (SSSR count). The molecule has 4 aliphatic rings. The summed E-state index contributed by atoms with van der Waals surface area (Å²) >= 11 is 0. The van der Waals surface area contributed by atoms with Crippen LogP contribution in [0, 0.1) is 0 Å². The third kappa shape index (κ3) is 1.29. The van der Waals surface area contributed by atoms with Crippen LogP contribution < -0.4 is 0 Å². The SMILES string of the molecule is C1=NC2=NC(c3nc4cnc[nH]c-4n3)N=CC2=N1. The number of hydrogen-bond donors (Lipinski definition) is 1. The van der Waals surface area contributed by atoms with E-state index in [0.717, 1.165) is 0 Å². The maximum atomic E-state index is 4.34. The Morgan fingerprint density at radius 2 is 2.22 bits per heavy atom. The van der Waals surface area contributed by atoms with Gasteiger partial charge >= 0.3 is 0 Å². The van der Waals surface area contributed by atoms with Crippen LogP contribution in [-0.2, 0) is 0 Å². The summed E-state index contributed by atoms with van der Waals surface area (Å²) < 4.78 is 0. The zero-order valence-corrected chi connectivity index (χ0v) is 9.02. The summed E-state index contributed by atoms with van der Waals surface area (Å²) in [6.45, 7) is 0. The van der Waals surface area contributed by atoms with Gasteiger partial charge < -0.3 is 4.98 Å². The van der Waals surface area contributed by atoms with Crippen molar-refractivity contribution in [2.24, 2.45) is 20.0 Å². The first kappa shape index (κ1) is 9.28. The van der Waals surface area contributed by atoms with Crippen molar-refractivity contribution in [3.05, 3.63) is 18.3 Å². The van der Waals surface area contributed by atoms with Gasteiger partial charge in [0.1, 0.15) is 17.7 Å². The topological polar surface area (TPSA) is 104 Å². The van der Waals surface area contributed by atoms with Crippen LogP contribution >= 0.6 is 0 Å². The fraction of sp³-hybridized carbons (Fsp3) is 0.100. The number of aromatic amines is 1. The van der Waals surface area contributed by atoms with E-state index in [-0.39, 0.29) is 0 Å². The van der Waals surface area contributed by atoms with Crippen LogP contribution in [0.4, 0.5) is 0 Å². The number of imidazole rings is 1. The van der Waals surface area contributed by atoms with Gasteiger partial charge in [0.15, 0.2) is 17.5 Å². The van der Waals surface area contributed by atoms with Crippen LogP contribution in [0.1, 0.15) is 12.0 Å². The molecule has 0 saturated carbocycles. The Hall–Kier alpha value is -2.77. The summed E-state index contributed by atoms with van der Waals surface area (Å²) in [6, 6.07) is 0. The van der Waals surface area contributed by atoms with Gasteiger partial charge in [-0.2, -0.15) is 0 Å². The largest absolute Gasteiger partial charge is 0.329 e. The van der Waals surface area contributed by atoms with Crippen LogP contribution in [0.2, 0.25) is 0 Å². The molecule has 1 N–H and O–H groups in total. The lowest BCUT2D eigenvalue weighted by molar-refractivity contribution is 0.728. The molecule has 4 aliphatic heterocycles. The van der Waals surface area contributed by atoms with Crippen LogP contribution in [0.3, 0.4) is 0 Å². The van der Waals surface area contributed by atoms with Gasteiger partial charge in [0.25, 0.3) is 0 Å². The average molecular weight is 238 g/mol. The van der Waals surface area contributed by atoms with E-state index >= 15 is 0 Å². The molecule has 0 amide bonds. The number of aromatic nitrogens is 4. The Kier molecular flexibility index (Phi) is 1.73. The van der Waals surface area contributed by atoms with Crippen LogP contribution in [0.5, 0.6) is 0 Å². The molecule has 4 heterocycles. The average Bonchev–Trinajstić information content (AvgIpc) is 3.04. The minimum atomic E-state index is -0.463. The lowest BCUT2D eigenvalue weighted by Crippen LogP contribution is -2.17. The van der Waals surface area contributed by atoms with Gasteiger partial charge in [-0.15, -0.1) is 0 Å². The molecule has 18 heavy (non-hydrogen) atoms. The first-order valence-corrected chi connectivity index (χ1v) is 5.28. The Morgan fingerprint density at radius 1 is 1.22 bits per heavy atom. The summed E-state index contributed by atoms with van der Waals surface area (Å²) in [4.78, 5) is 32.2. The molecule has 0 aromatic rings. The van der Waals surface area contributed by atoms with Crippen molar-refractivity contribution in [2.45, 2.75) is 6.17 Å². The van der Waals surface area contributed by atoms with Gasteiger partial charge in [-0.1, -0.05) is 0 Å². The van der Waals surface area contributed by atoms with Crippen molar-refractivity contribution in [2.75, 3.05) is 0 Å². The van der Waals surface area contributed by atoms with Gasteiger partial charge in [-0.05, 0) is 0 Å². The number of rotatable bonds is 1. The standard InChI is InChI=1S/C10H6N8/c1-6-8(14-3-11-1)18-10(16-6)9-12-2-5-7(17-9)15-4-13-5/h1-4,9H,(H,11,14,16,18). The highest BCUT2D eigenvalue weighted by atomic mass is 15.2. The van der Waals surface area contributed by atoms with E-state index in [1.807, 2.05) is 0 Å². The molecule has 0 aromatic carbocycles. The second kappa shape index (κ2) is 3.36. The van der Waals surface area contributed by atoms with E-state index < -0.39 is 6.17 Å². The molecule has 0 aromatic heterocycles. The predicted octanol–water partition coefficient (Wildman–Crippen LogP) is 0.269. The number of hydrogen-bond acceptors (Lipinski definition) is 7. The number of fused-ring (bicyclic) bond motifs is 2. The van der Waals surface area contributed by atoms with Gasteiger partial charge in [0, 0.05) is 0 Å². The maximum absolute atomic E-state index is 4.34. The highest BCUT2D eigenvalue weighted by molar-refractivity contribution is 6.65. The molecule has 8 heteroatoms. The van der Waals surface area contributed by atoms with E-state index in [9.17, 15) is 0 Å². The Morgan fingerprint density at radius 3 is 3.17 bits per heavy atom. The molecule has 8 nitrogen and oxygen atoms in total. The minimum absolute atomic E-state index is 0.463. The predicted molar refractivity (Wildman–Crippen MR) is 65.4 cm³/mol. The molecule has 0 fully saturated rings. The molecule has 0 bridgehead atoms. The summed E-state index contributed by atoms with van der Waals surface area (Å²) in [5, 5.41) is 0. The third-order valence-electron chi connectivity index (χ3n) is 2.60. The molecule has 1 unspecified atom stereocenters. The fourth-order valence-corrected chi connectivity index (χ4v) is 1.77. The molecule has 1 atom stereocenters.